The summed E-state index contributed by atoms with van der Waals surface area (Å²) in [6.07, 6.45) is 2.26. The van der Waals surface area contributed by atoms with E-state index in [4.69, 9.17) is 4.74 Å². The van der Waals surface area contributed by atoms with Crippen molar-refractivity contribution in [2.45, 2.75) is 32.8 Å². The van der Waals surface area contributed by atoms with E-state index in [0.29, 0.717) is 0 Å². The van der Waals surface area contributed by atoms with E-state index in [1.165, 1.54) is 11.1 Å². The summed E-state index contributed by atoms with van der Waals surface area (Å²) in [6.45, 7) is 8.14. The molecule has 74 valence electrons. The number of aryl methyl sites for hydroxylation is 1. The Bertz CT molecular complexity index is 365. The number of hydrogen-bond donors (Lipinski definition) is 0. The first-order valence-corrected chi connectivity index (χ1v) is 5.14. The zero-order chi connectivity index (χ0) is 10.1. The highest BCUT2D eigenvalue weighted by Gasteiger charge is 2.22. The van der Waals surface area contributed by atoms with E-state index in [-0.39, 0.29) is 6.10 Å². The molecule has 0 bridgehead atoms. The molecular formula is C13H16O. The quantitative estimate of drug-likeness (QED) is 0.648. The number of hydrogen-bond acceptors (Lipinski definition) is 1. The highest BCUT2D eigenvalue weighted by molar-refractivity contribution is 5.42. The van der Waals surface area contributed by atoms with Crippen molar-refractivity contribution in [3.8, 4) is 5.75 Å². The van der Waals surface area contributed by atoms with Crippen LogP contribution in [-0.2, 0) is 12.8 Å². The van der Waals surface area contributed by atoms with Crippen molar-refractivity contribution in [2.24, 2.45) is 0 Å². The second-order valence-corrected chi connectivity index (χ2v) is 3.95. The molecule has 1 aromatic rings. The van der Waals surface area contributed by atoms with Gasteiger partial charge in [0.2, 0.25) is 0 Å². The van der Waals surface area contributed by atoms with Gasteiger partial charge in [0.25, 0.3) is 0 Å². The van der Waals surface area contributed by atoms with Crippen molar-refractivity contribution in [3.05, 3.63) is 41.5 Å². The molecule has 0 unspecified atom stereocenters. The van der Waals surface area contributed by atoms with Gasteiger partial charge in [-0.25, -0.2) is 0 Å². The fraction of sp³-hybridized carbons (Fsp3) is 0.385. The SMILES string of the molecule is C=C(C)[C@H]1Cc2cc(CC)ccc2O1. The van der Waals surface area contributed by atoms with Gasteiger partial charge in [0.15, 0.2) is 0 Å². The van der Waals surface area contributed by atoms with Crippen LogP contribution < -0.4 is 4.74 Å². The molecule has 1 nitrogen and oxygen atoms in total. The van der Waals surface area contributed by atoms with Crippen molar-refractivity contribution in [2.75, 3.05) is 0 Å². The lowest BCUT2D eigenvalue weighted by Gasteiger charge is -2.08. The molecule has 1 aliphatic heterocycles. The van der Waals surface area contributed by atoms with Crippen molar-refractivity contribution in [1.29, 1.82) is 0 Å². The van der Waals surface area contributed by atoms with Gasteiger partial charge in [-0.1, -0.05) is 25.6 Å². The minimum atomic E-state index is 0.192. The Morgan fingerprint density at radius 1 is 1.57 bits per heavy atom. The molecule has 0 aliphatic carbocycles. The predicted molar refractivity (Wildman–Crippen MR) is 58.8 cm³/mol. The summed E-state index contributed by atoms with van der Waals surface area (Å²) in [7, 11) is 0. The normalized spacial score (nSPS) is 18.9. The topological polar surface area (TPSA) is 9.23 Å². The smallest absolute Gasteiger partial charge is 0.123 e. The first-order valence-electron chi connectivity index (χ1n) is 5.14. The molecule has 1 aromatic carbocycles. The van der Waals surface area contributed by atoms with Crippen LogP contribution in [0.1, 0.15) is 25.0 Å². The van der Waals surface area contributed by atoms with Gasteiger partial charge in [-0.3, -0.25) is 0 Å². The summed E-state index contributed by atoms with van der Waals surface area (Å²) in [5.41, 5.74) is 3.83. The molecule has 0 amide bonds. The van der Waals surface area contributed by atoms with Gasteiger partial charge in [0.1, 0.15) is 11.9 Å². The van der Waals surface area contributed by atoms with Crippen molar-refractivity contribution in [1.82, 2.24) is 0 Å². The molecule has 0 saturated carbocycles. The molecule has 0 saturated heterocycles. The predicted octanol–water partition coefficient (Wildman–Crippen LogP) is 3.13. The molecule has 0 radical (unpaired) electrons. The number of rotatable bonds is 2. The molecule has 0 N–H and O–H groups in total. The first-order chi connectivity index (χ1) is 6.70. The van der Waals surface area contributed by atoms with Crippen LogP contribution in [0.15, 0.2) is 30.4 Å². The van der Waals surface area contributed by atoms with Crippen LogP contribution in [0.25, 0.3) is 0 Å². The summed E-state index contributed by atoms with van der Waals surface area (Å²) in [6, 6.07) is 6.47. The zero-order valence-corrected chi connectivity index (χ0v) is 8.84. The summed E-state index contributed by atoms with van der Waals surface area (Å²) in [5.74, 6) is 1.04. The molecule has 0 fully saturated rings. The van der Waals surface area contributed by atoms with Crippen LogP contribution in [0.5, 0.6) is 5.75 Å². The molecule has 1 heterocycles. The average molecular weight is 188 g/mol. The third kappa shape index (κ3) is 1.54. The van der Waals surface area contributed by atoms with Crippen LogP contribution in [0.3, 0.4) is 0 Å². The van der Waals surface area contributed by atoms with E-state index < -0.39 is 0 Å². The fourth-order valence-corrected chi connectivity index (χ4v) is 1.80. The Morgan fingerprint density at radius 2 is 2.36 bits per heavy atom. The molecule has 2 rings (SSSR count). The van der Waals surface area contributed by atoms with Crippen LogP contribution >= 0.6 is 0 Å². The minimum absolute atomic E-state index is 0.192. The van der Waals surface area contributed by atoms with Gasteiger partial charge in [0.05, 0.1) is 0 Å². The van der Waals surface area contributed by atoms with E-state index >= 15 is 0 Å². The lowest BCUT2D eigenvalue weighted by molar-refractivity contribution is 0.271. The zero-order valence-electron chi connectivity index (χ0n) is 8.84. The largest absolute Gasteiger partial charge is 0.485 e. The highest BCUT2D eigenvalue weighted by atomic mass is 16.5. The number of fused-ring (bicyclic) bond motifs is 1. The Morgan fingerprint density at radius 3 is 3.00 bits per heavy atom. The lowest BCUT2D eigenvalue weighted by atomic mass is 10.0. The standard InChI is InChI=1S/C13H16O/c1-4-10-5-6-12-11(7-10)8-13(14-12)9(2)3/h5-7,13H,2,4,8H2,1,3H3/t13-/m1/s1. The summed E-state index contributed by atoms with van der Waals surface area (Å²) >= 11 is 0. The molecular weight excluding hydrogens is 172 g/mol. The maximum atomic E-state index is 5.77. The van der Waals surface area contributed by atoms with Crippen molar-refractivity contribution in [3.63, 3.8) is 0 Å². The van der Waals surface area contributed by atoms with Gasteiger partial charge in [-0.2, -0.15) is 0 Å². The van der Waals surface area contributed by atoms with E-state index in [2.05, 4.69) is 31.7 Å². The fourth-order valence-electron chi connectivity index (χ4n) is 1.80. The van der Waals surface area contributed by atoms with Gasteiger partial charge < -0.3 is 4.74 Å². The van der Waals surface area contributed by atoms with Crippen molar-refractivity contribution >= 4 is 0 Å². The van der Waals surface area contributed by atoms with E-state index in [0.717, 1.165) is 24.2 Å². The molecule has 14 heavy (non-hydrogen) atoms. The van der Waals surface area contributed by atoms with Crippen molar-refractivity contribution < 1.29 is 4.74 Å². The lowest BCUT2D eigenvalue weighted by Crippen LogP contribution is -2.13. The third-order valence-corrected chi connectivity index (χ3v) is 2.76. The molecule has 1 atom stereocenters. The summed E-state index contributed by atoms with van der Waals surface area (Å²) in [4.78, 5) is 0. The summed E-state index contributed by atoms with van der Waals surface area (Å²) < 4.78 is 5.77. The Labute approximate surface area is 85.4 Å². The molecule has 1 heteroatoms. The van der Waals surface area contributed by atoms with Crippen LogP contribution in [0.2, 0.25) is 0 Å². The number of ether oxygens (including phenoxy) is 1. The molecule has 0 spiro atoms. The highest BCUT2D eigenvalue weighted by Crippen LogP contribution is 2.31. The molecule has 0 aromatic heterocycles. The van der Waals surface area contributed by atoms with Gasteiger partial charge in [-0.15, -0.1) is 0 Å². The van der Waals surface area contributed by atoms with Gasteiger partial charge in [0, 0.05) is 6.42 Å². The minimum Gasteiger partial charge on any atom is -0.485 e. The third-order valence-electron chi connectivity index (χ3n) is 2.76. The second kappa shape index (κ2) is 3.49. The Hall–Kier alpha value is -1.24. The second-order valence-electron chi connectivity index (χ2n) is 3.95. The first kappa shape index (κ1) is 9.32. The van der Waals surface area contributed by atoms with E-state index in [1.807, 2.05) is 6.92 Å². The van der Waals surface area contributed by atoms with Gasteiger partial charge in [-0.05, 0) is 36.1 Å². The Kier molecular flexibility index (Phi) is 2.32. The van der Waals surface area contributed by atoms with Crippen LogP contribution in [0, 0.1) is 0 Å². The maximum absolute atomic E-state index is 5.77. The molecule has 1 aliphatic rings. The summed E-state index contributed by atoms with van der Waals surface area (Å²) in [5, 5.41) is 0. The maximum Gasteiger partial charge on any atom is 0.123 e. The van der Waals surface area contributed by atoms with Crippen LogP contribution in [-0.4, -0.2) is 6.10 Å². The average Bonchev–Trinajstić information content (AvgIpc) is 2.59. The van der Waals surface area contributed by atoms with Gasteiger partial charge >= 0.3 is 0 Å². The monoisotopic (exact) mass is 188 g/mol. The Balaban J connectivity index is 2.27. The van der Waals surface area contributed by atoms with E-state index in [1.54, 1.807) is 0 Å². The van der Waals surface area contributed by atoms with E-state index in [9.17, 15) is 0 Å². The number of benzene rings is 1. The van der Waals surface area contributed by atoms with Crippen LogP contribution in [0.4, 0.5) is 0 Å².